The predicted molar refractivity (Wildman–Crippen MR) is 67.1 cm³/mol. The Morgan fingerprint density at radius 2 is 2.27 bits per heavy atom. The lowest BCUT2D eigenvalue weighted by atomic mass is 10.2. The van der Waals surface area contributed by atoms with Gasteiger partial charge >= 0.3 is 0 Å². The standard InChI is InChI=1S/C11H11Br2NO/c1-2-10(7-14)15-11-4-3-9(13)5-8(11)6-12/h3-5,10H,2,6H2,1H3. The number of alkyl halides is 1. The first-order valence-corrected chi connectivity index (χ1v) is 6.53. The molecule has 0 bridgehead atoms. The number of nitrogens with zero attached hydrogens (tertiary/aromatic N) is 1. The molecule has 0 aliphatic rings. The Hall–Kier alpha value is -0.530. The number of nitriles is 1. The van der Waals surface area contributed by atoms with Crippen LogP contribution >= 0.6 is 31.9 Å². The summed E-state index contributed by atoms with van der Waals surface area (Å²) in [4.78, 5) is 0. The molecule has 0 N–H and O–H groups in total. The molecule has 2 nitrogen and oxygen atoms in total. The molecule has 0 aromatic heterocycles. The van der Waals surface area contributed by atoms with E-state index in [2.05, 4.69) is 37.9 Å². The first-order chi connectivity index (χ1) is 7.21. The van der Waals surface area contributed by atoms with E-state index in [0.29, 0.717) is 11.8 Å². The van der Waals surface area contributed by atoms with E-state index in [9.17, 15) is 0 Å². The van der Waals surface area contributed by atoms with Gasteiger partial charge in [-0.05, 0) is 24.6 Å². The number of rotatable bonds is 4. The Bertz CT molecular complexity index is 373. The van der Waals surface area contributed by atoms with Gasteiger partial charge in [0.15, 0.2) is 6.10 Å². The van der Waals surface area contributed by atoms with Crippen LogP contribution in [0.15, 0.2) is 22.7 Å². The summed E-state index contributed by atoms with van der Waals surface area (Å²) in [6, 6.07) is 7.88. The summed E-state index contributed by atoms with van der Waals surface area (Å²) in [6.07, 6.45) is 0.317. The molecule has 1 rings (SSSR count). The highest BCUT2D eigenvalue weighted by Gasteiger charge is 2.09. The predicted octanol–water partition coefficient (Wildman–Crippen LogP) is 4.02. The van der Waals surface area contributed by atoms with Crippen molar-refractivity contribution in [2.75, 3.05) is 0 Å². The first kappa shape index (κ1) is 12.5. The third-order valence-electron chi connectivity index (χ3n) is 1.95. The normalized spacial score (nSPS) is 11.9. The van der Waals surface area contributed by atoms with Gasteiger partial charge in [-0.1, -0.05) is 38.8 Å². The Morgan fingerprint density at radius 3 is 2.80 bits per heavy atom. The smallest absolute Gasteiger partial charge is 0.184 e. The largest absolute Gasteiger partial charge is 0.475 e. The molecular formula is C11H11Br2NO. The van der Waals surface area contributed by atoms with Gasteiger partial charge in [0, 0.05) is 15.4 Å². The zero-order valence-corrected chi connectivity index (χ0v) is 11.5. The van der Waals surface area contributed by atoms with Gasteiger partial charge in [-0.25, -0.2) is 0 Å². The Balaban J connectivity index is 2.89. The molecular weight excluding hydrogens is 322 g/mol. The van der Waals surface area contributed by atoms with Crippen LogP contribution in [0.1, 0.15) is 18.9 Å². The minimum absolute atomic E-state index is 0.371. The summed E-state index contributed by atoms with van der Waals surface area (Å²) < 4.78 is 6.59. The van der Waals surface area contributed by atoms with Gasteiger partial charge in [-0.3, -0.25) is 0 Å². The van der Waals surface area contributed by atoms with E-state index in [1.165, 1.54) is 0 Å². The maximum absolute atomic E-state index is 8.81. The highest BCUT2D eigenvalue weighted by atomic mass is 79.9. The van der Waals surface area contributed by atoms with Crippen molar-refractivity contribution in [3.8, 4) is 11.8 Å². The maximum atomic E-state index is 8.81. The average Bonchev–Trinajstić information content (AvgIpc) is 2.27. The molecule has 0 aliphatic carbocycles. The van der Waals surface area contributed by atoms with E-state index in [1.54, 1.807) is 0 Å². The zero-order valence-electron chi connectivity index (χ0n) is 8.34. The molecule has 0 spiro atoms. The van der Waals surface area contributed by atoms with Gasteiger partial charge in [0.1, 0.15) is 11.8 Å². The number of benzene rings is 1. The molecule has 0 saturated heterocycles. The Labute approximate surface area is 106 Å². The molecule has 1 atom stereocenters. The molecule has 0 radical (unpaired) electrons. The molecule has 80 valence electrons. The van der Waals surface area contributed by atoms with Crippen LogP contribution in [-0.2, 0) is 5.33 Å². The van der Waals surface area contributed by atoms with E-state index >= 15 is 0 Å². The van der Waals surface area contributed by atoms with Crippen molar-refractivity contribution in [1.29, 1.82) is 5.26 Å². The number of halogens is 2. The molecule has 1 unspecified atom stereocenters. The lowest BCUT2D eigenvalue weighted by molar-refractivity contribution is 0.250. The van der Waals surface area contributed by atoms with Crippen molar-refractivity contribution < 1.29 is 4.74 Å². The van der Waals surface area contributed by atoms with Crippen LogP contribution < -0.4 is 4.74 Å². The molecule has 0 amide bonds. The van der Waals surface area contributed by atoms with Crippen LogP contribution in [0.5, 0.6) is 5.75 Å². The summed E-state index contributed by atoms with van der Waals surface area (Å²) >= 11 is 6.79. The molecule has 0 fully saturated rings. The summed E-state index contributed by atoms with van der Waals surface area (Å²) in [5.74, 6) is 0.767. The van der Waals surface area contributed by atoms with E-state index in [0.717, 1.165) is 15.8 Å². The minimum atomic E-state index is -0.371. The van der Waals surface area contributed by atoms with Gasteiger partial charge in [0.2, 0.25) is 0 Å². The van der Waals surface area contributed by atoms with Crippen LogP contribution in [0.25, 0.3) is 0 Å². The molecule has 0 saturated carbocycles. The summed E-state index contributed by atoms with van der Waals surface area (Å²) in [5, 5.41) is 9.52. The highest BCUT2D eigenvalue weighted by molar-refractivity contribution is 9.10. The van der Waals surface area contributed by atoms with Crippen molar-refractivity contribution >= 4 is 31.9 Å². The van der Waals surface area contributed by atoms with Crippen molar-refractivity contribution in [2.24, 2.45) is 0 Å². The third kappa shape index (κ3) is 3.51. The van der Waals surface area contributed by atoms with Crippen LogP contribution in [0.4, 0.5) is 0 Å². The van der Waals surface area contributed by atoms with Crippen molar-refractivity contribution in [1.82, 2.24) is 0 Å². The fourth-order valence-electron chi connectivity index (χ4n) is 1.12. The van der Waals surface area contributed by atoms with Crippen molar-refractivity contribution in [3.63, 3.8) is 0 Å². The second kappa shape index (κ2) is 6.14. The molecule has 0 heterocycles. The summed E-state index contributed by atoms with van der Waals surface area (Å²) in [5.41, 5.74) is 1.04. The van der Waals surface area contributed by atoms with E-state index in [-0.39, 0.29) is 6.10 Å². The SMILES string of the molecule is CCC(C#N)Oc1ccc(Br)cc1CBr. The first-order valence-electron chi connectivity index (χ1n) is 4.62. The molecule has 1 aromatic carbocycles. The van der Waals surface area contributed by atoms with E-state index in [4.69, 9.17) is 10.00 Å². The Kier molecular flexibility index (Phi) is 5.13. The fourth-order valence-corrected chi connectivity index (χ4v) is 1.97. The highest BCUT2D eigenvalue weighted by Crippen LogP contribution is 2.26. The van der Waals surface area contributed by atoms with Gasteiger partial charge in [-0.15, -0.1) is 0 Å². The lowest BCUT2D eigenvalue weighted by Crippen LogP contribution is -2.13. The fraction of sp³-hybridized carbons (Fsp3) is 0.364. The van der Waals surface area contributed by atoms with Crippen molar-refractivity contribution in [3.05, 3.63) is 28.2 Å². The van der Waals surface area contributed by atoms with E-state index < -0.39 is 0 Å². The van der Waals surface area contributed by atoms with Crippen molar-refractivity contribution in [2.45, 2.75) is 24.8 Å². The maximum Gasteiger partial charge on any atom is 0.184 e. The monoisotopic (exact) mass is 331 g/mol. The van der Waals surface area contributed by atoms with Gasteiger partial charge in [-0.2, -0.15) is 5.26 Å². The van der Waals surface area contributed by atoms with Crippen LogP contribution in [0.2, 0.25) is 0 Å². The summed E-state index contributed by atoms with van der Waals surface area (Å²) in [6.45, 7) is 1.93. The second-order valence-electron chi connectivity index (χ2n) is 3.03. The lowest BCUT2D eigenvalue weighted by Gasteiger charge is -2.13. The number of ether oxygens (including phenoxy) is 1. The summed E-state index contributed by atoms with van der Waals surface area (Å²) in [7, 11) is 0. The molecule has 4 heteroatoms. The average molecular weight is 333 g/mol. The quantitative estimate of drug-likeness (QED) is 0.780. The topological polar surface area (TPSA) is 33.0 Å². The molecule has 1 aromatic rings. The molecule has 15 heavy (non-hydrogen) atoms. The van der Waals surface area contributed by atoms with E-state index in [1.807, 2.05) is 25.1 Å². The van der Waals surface area contributed by atoms with Gasteiger partial charge < -0.3 is 4.74 Å². The number of hydrogen-bond donors (Lipinski definition) is 0. The Morgan fingerprint density at radius 1 is 1.53 bits per heavy atom. The minimum Gasteiger partial charge on any atom is -0.475 e. The number of hydrogen-bond acceptors (Lipinski definition) is 2. The second-order valence-corrected chi connectivity index (χ2v) is 4.51. The van der Waals surface area contributed by atoms with Crippen LogP contribution in [0.3, 0.4) is 0 Å². The van der Waals surface area contributed by atoms with Gasteiger partial charge in [0.25, 0.3) is 0 Å². The zero-order chi connectivity index (χ0) is 11.3. The van der Waals surface area contributed by atoms with Gasteiger partial charge in [0.05, 0.1) is 0 Å². The van der Waals surface area contributed by atoms with Crippen LogP contribution in [-0.4, -0.2) is 6.10 Å². The van der Waals surface area contributed by atoms with Crippen LogP contribution in [0, 0.1) is 11.3 Å². The molecule has 0 aliphatic heterocycles. The third-order valence-corrected chi connectivity index (χ3v) is 3.05.